The number of nitrogens with zero attached hydrogens (tertiary/aromatic N) is 3. The predicted molar refractivity (Wildman–Crippen MR) is 74.0 cm³/mol. The first-order chi connectivity index (χ1) is 9.79. The zero-order valence-electron chi connectivity index (χ0n) is 10.9. The molecule has 0 unspecified atom stereocenters. The highest BCUT2D eigenvalue weighted by molar-refractivity contribution is 5.65. The lowest BCUT2D eigenvalue weighted by Crippen LogP contribution is -1.90. The van der Waals surface area contributed by atoms with Crippen molar-refractivity contribution in [3.63, 3.8) is 0 Å². The van der Waals surface area contributed by atoms with E-state index in [1.807, 2.05) is 19.1 Å². The number of aromatic nitrogens is 3. The molecule has 0 amide bonds. The minimum atomic E-state index is 0.119. The van der Waals surface area contributed by atoms with Crippen LogP contribution in [0.4, 0.5) is 0 Å². The van der Waals surface area contributed by atoms with Crippen molar-refractivity contribution in [2.75, 3.05) is 0 Å². The van der Waals surface area contributed by atoms with Gasteiger partial charge in [-0.05, 0) is 30.2 Å². The third-order valence-electron chi connectivity index (χ3n) is 3.09. The highest BCUT2D eigenvalue weighted by atomic mass is 16.5. The first-order valence-electron chi connectivity index (χ1n) is 6.35. The van der Waals surface area contributed by atoms with Crippen molar-refractivity contribution in [1.29, 1.82) is 0 Å². The summed E-state index contributed by atoms with van der Waals surface area (Å²) in [6, 6.07) is 8.73. The molecule has 0 fully saturated rings. The van der Waals surface area contributed by atoms with Crippen LogP contribution in [0.5, 0.6) is 5.75 Å². The molecule has 0 aliphatic carbocycles. The van der Waals surface area contributed by atoms with Gasteiger partial charge < -0.3 is 9.63 Å². The smallest absolute Gasteiger partial charge is 0.261 e. The molecule has 100 valence electrons. The number of phenolic OH excluding ortho intramolecular Hbond substituents is 1. The number of rotatable bonds is 3. The van der Waals surface area contributed by atoms with E-state index in [-0.39, 0.29) is 5.75 Å². The Morgan fingerprint density at radius 3 is 2.80 bits per heavy atom. The van der Waals surface area contributed by atoms with Gasteiger partial charge >= 0.3 is 0 Å². The van der Waals surface area contributed by atoms with E-state index in [0.717, 1.165) is 17.5 Å². The van der Waals surface area contributed by atoms with Gasteiger partial charge in [0.15, 0.2) is 0 Å². The summed E-state index contributed by atoms with van der Waals surface area (Å²) in [6.07, 6.45) is 4.33. The van der Waals surface area contributed by atoms with Crippen molar-refractivity contribution < 1.29 is 9.63 Å². The Balaban J connectivity index is 2.05. The summed E-state index contributed by atoms with van der Waals surface area (Å²) in [7, 11) is 0. The fraction of sp³-hybridized carbons (Fsp3) is 0.133. The fourth-order valence-electron chi connectivity index (χ4n) is 2.02. The van der Waals surface area contributed by atoms with Crippen molar-refractivity contribution in [2.45, 2.75) is 13.3 Å². The number of aromatic hydroxyl groups is 1. The molecule has 1 N–H and O–H groups in total. The van der Waals surface area contributed by atoms with Crippen LogP contribution in [0, 0.1) is 0 Å². The van der Waals surface area contributed by atoms with E-state index < -0.39 is 0 Å². The molecule has 0 spiro atoms. The first-order valence-corrected chi connectivity index (χ1v) is 6.35. The minimum absolute atomic E-state index is 0.119. The highest BCUT2D eigenvalue weighted by Gasteiger charge is 2.15. The Labute approximate surface area is 115 Å². The molecule has 3 rings (SSSR count). The normalized spacial score (nSPS) is 10.7. The Morgan fingerprint density at radius 1 is 1.15 bits per heavy atom. The first kappa shape index (κ1) is 12.3. The summed E-state index contributed by atoms with van der Waals surface area (Å²) in [5, 5.41) is 13.8. The second-order valence-corrected chi connectivity index (χ2v) is 4.33. The monoisotopic (exact) mass is 267 g/mol. The zero-order valence-corrected chi connectivity index (χ0v) is 10.9. The van der Waals surface area contributed by atoms with Gasteiger partial charge in [0.1, 0.15) is 5.75 Å². The molecule has 0 bridgehead atoms. The van der Waals surface area contributed by atoms with Crippen LogP contribution in [0.3, 0.4) is 0 Å². The summed E-state index contributed by atoms with van der Waals surface area (Å²) in [5.74, 6) is 0.924. The molecule has 0 saturated carbocycles. The van der Waals surface area contributed by atoms with E-state index in [4.69, 9.17) is 4.52 Å². The SMILES string of the molecule is CCc1cnccc1-c1noc(-c2ccccc2O)n1. The molecule has 0 atom stereocenters. The van der Waals surface area contributed by atoms with Gasteiger partial charge in [-0.25, -0.2) is 0 Å². The van der Waals surface area contributed by atoms with Gasteiger partial charge in [-0.15, -0.1) is 0 Å². The largest absolute Gasteiger partial charge is 0.507 e. The standard InChI is InChI=1S/C15H13N3O2/c1-2-10-9-16-8-7-11(10)14-17-15(20-18-14)12-5-3-4-6-13(12)19/h3-9,19H,2H2,1H3. The van der Waals surface area contributed by atoms with Crippen LogP contribution in [-0.2, 0) is 6.42 Å². The van der Waals surface area contributed by atoms with Gasteiger partial charge in [-0.1, -0.05) is 24.2 Å². The molecule has 2 heterocycles. The van der Waals surface area contributed by atoms with Crippen LogP contribution in [0.2, 0.25) is 0 Å². The van der Waals surface area contributed by atoms with Crippen molar-refractivity contribution in [1.82, 2.24) is 15.1 Å². The van der Waals surface area contributed by atoms with E-state index in [1.54, 1.807) is 30.6 Å². The number of hydrogen-bond acceptors (Lipinski definition) is 5. The molecule has 5 nitrogen and oxygen atoms in total. The summed E-state index contributed by atoms with van der Waals surface area (Å²) in [4.78, 5) is 8.45. The average Bonchev–Trinajstić information content (AvgIpc) is 2.97. The van der Waals surface area contributed by atoms with Crippen LogP contribution in [0.1, 0.15) is 12.5 Å². The van der Waals surface area contributed by atoms with Crippen molar-refractivity contribution >= 4 is 0 Å². The Hall–Kier alpha value is -2.69. The van der Waals surface area contributed by atoms with Gasteiger partial charge in [-0.3, -0.25) is 4.98 Å². The Bertz CT molecular complexity index is 737. The highest BCUT2D eigenvalue weighted by Crippen LogP contribution is 2.29. The van der Waals surface area contributed by atoms with Crippen molar-refractivity contribution in [2.24, 2.45) is 0 Å². The summed E-state index contributed by atoms with van der Waals surface area (Å²) >= 11 is 0. The molecule has 20 heavy (non-hydrogen) atoms. The number of benzene rings is 1. The topological polar surface area (TPSA) is 72.0 Å². The predicted octanol–water partition coefficient (Wildman–Crippen LogP) is 3.07. The maximum atomic E-state index is 9.81. The molecule has 1 aromatic carbocycles. The molecule has 0 aliphatic rings. The quantitative estimate of drug-likeness (QED) is 0.789. The van der Waals surface area contributed by atoms with E-state index in [0.29, 0.717) is 17.3 Å². The molecule has 5 heteroatoms. The van der Waals surface area contributed by atoms with E-state index in [2.05, 4.69) is 15.1 Å². The number of aryl methyl sites for hydroxylation is 1. The molecule has 0 aliphatic heterocycles. The lowest BCUT2D eigenvalue weighted by molar-refractivity contribution is 0.425. The molecular weight excluding hydrogens is 254 g/mol. The number of pyridine rings is 1. The van der Waals surface area contributed by atoms with Crippen LogP contribution in [-0.4, -0.2) is 20.2 Å². The van der Waals surface area contributed by atoms with Crippen LogP contribution in [0.25, 0.3) is 22.8 Å². The second kappa shape index (κ2) is 5.13. The van der Waals surface area contributed by atoms with Gasteiger partial charge in [-0.2, -0.15) is 4.98 Å². The molecular formula is C15H13N3O2. The number of phenols is 1. The Kier molecular flexibility index (Phi) is 3.16. The Morgan fingerprint density at radius 2 is 2.00 bits per heavy atom. The van der Waals surface area contributed by atoms with Gasteiger partial charge in [0.2, 0.25) is 5.82 Å². The molecule has 0 saturated heterocycles. The van der Waals surface area contributed by atoms with Gasteiger partial charge in [0, 0.05) is 18.0 Å². The number of hydrogen-bond donors (Lipinski definition) is 1. The van der Waals surface area contributed by atoms with E-state index in [9.17, 15) is 5.11 Å². The second-order valence-electron chi connectivity index (χ2n) is 4.33. The van der Waals surface area contributed by atoms with Crippen molar-refractivity contribution in [3.05, 3.63) is 48.3 Å². The molecule has 3 aromatic rings. The van der Waals surface area contributed by atoms with Crippen LogP contribution < -0.4 is 0 Å². The minimum Gasteiger partial charge on any atom is -0.507 e. The fourth-order valence-corrected chi connectivity index (χ4v) is 2.02. The van der Waals surface area contributed by atoms with E-state index >= 15 is 0 Å². The van der Waals surface area contributed by atoms with Gasteiger partial charge in [0.25, 0.3) is 5.89 Å². The lowest BCUT2D eigenvalue weighted by Gasteiger charge is -2.01. The third-order valence-corrected chi connectivity index (χ3v) is 3.09. The average molecular weight is 267 g/mol. The van der Waals surface area contributed by atoms with Crippen molar-refractivity contribution in [3.8, 4) is 28.6 Å². The summed E-state index contributed by atoms with van der Waals surface area (Å²) in [6.45, 7) is 2.05. The molecule has 0 radical (unpaired) electrons. The van der Waals surface area contributed by atoms with Gasteiger partial charge in [0.05, 0.1) is 5.56 Å². The lowest BCUT2D eigenvalue weighted by atomic mass is 10.1. The van der Waals surface area contributed by atoms with Crippen LogP contribution in [0.15, 0.2) is 47.2 Å². The maximum absolute atomic E-state index is 9.81. The number of para-hydroxylation sites is 1. The summed E-state index contributed by atoms with van der Waals surface area (Å²) < 4.78 is 5.24. The summed E-state index contributed by atoms with van der Waals surface area (Å²) in [5.41, 5.74) is 2.48. The molecule has 2 aromatic heterocycles. The third kappa shape index (κ3) is 2.14. The maximum Gasteiger partial charge on any atom is 0.261 e. The zero-order chi connectivity index (χ0) is 13.9. The van der Waals surface area contributed by atoms with E-state index in [1.165, 1.54) is 0 Å². The van der Waals surface area contributed by atoms with Crippen LogP contribution >= 0.6 is 0 Å².